The van der Waals surface area contributed by atoms with Crippen LogP contribution in [0, 0.1) is 0 Å². The number of aromatic nitrogens is 2. The third-order valence-electron chi connectivity index (χ3n) is 3.71. The van der Waals surface area contributed by atoms with E-state index in [1.165, 1.54) is 0 Å². The predicted molar refractivity (Wildman–Crippen MR) is 89.4 cm³/mol. The van der Waals surface area contributed by atoms with Gasteiger partial charge in [0.25, 0.3) is 0 Å². The van der Waals surface area contributed by atoms with Crippen LogP contribution >= 0.6 is 23.2 Å². The van der Waals surface area contributed by atoms with Crippen LogP contribution in [-0.2, 0) is 29.3 Å². The van der Waals surface area contributed by atoms with E-state index in [9.17, 15) is 8.42 Å². The molecule has 1 aliphatic rings. The molecule has 0 N–H and O–H groups in total. The third kappa shape index (κ3) is 3.83. The summed E-state index contributed by atoms with van der Waals surface area (Å²) in [7, 11) is -3.37. The van der Waals surface area contributed by atoms with E-state index in [0.29, 0.717) is 23.0 Å². The molecule has 1 aromatic heterocycles. The van der Waals surface area contributed by atoms with E-state index in [0.717, 1.165) is 36.2 Å². The van der Waals surface area contributed by atoms with E-state index in [2.05, 4.69) is 14.9 Å². The highest BCUT2D eigenvalue weighted by Crippen LogP contribution is 2.25. The van der Waals surface area contributed by atoms with E-state index in [4.69, 9.17) is 23.2 Å². The SMILES string of the molecule is CS(=O)(=O)c1ncc2c(n1)CCN(Cc1ccc(Cl)c(Cl)c1)C2. The summed E-state index contributed by atoms with van der Waals surface area (Å²) < 4.78 is 23.0. The average molecular weight is 372 g/mol. The van der Waals surface area contributed by atoms with Crippen LogP contribution in [0.1, 0.15) is 16.8 Å². The molecule has 0 saturated heterocycles. The van der Waals surface area contributed by atoms with Crippen molar-refractivity contribution in [3.05, 3.63) is 51.3 Å². The highest BCUT2D eigenvalue weighted by molar-refractivity contribution is 7.90. The van der Waals surface area contributed by atoms with Gasteiger partial charge in [0.05, 0.1) is 15.7 Å². The molecular formula is C15H15Cl2N3O2S. The molecule has 2 aromatic rings. The highest BCUT2D eigenvalue weighted by Gasteiger charge is 2.21. The van der Waals surface area contributed by atoms with Crippen molar-refractivity contribution < 1.29 is 8.42 Å². The molecule has 0 aliphatic carbocycles. The lowest BCUT2D eigenvalue weighted by Gasteiger charge is -2.28. The number of halogens is 2. The second kappa shape index (κ2) is 6.36. The number of rotatable bonds is 3. The third-order valence-corrected chi connectivity index (χ3v) is 5.31. The minimum Gasteiger partial charge on any atom is -0.294 e. The van der Waals surface area contributed by atoms with E-state index in [-0.39, 0.29) is 5.16 Å². The number of sulfone groups is 1. The lowest BCUT2D eigenvalue weighted by atomic mass is 10.1. The van der Waals surface area contributed by atoms with Crippen molar-refractivity contribution in [2.75, 3.05) is 12.8 Å². The first kappa shape index (κ1) is 16.6. The van der Waals surface area contributed by atoms with Gasteiger partial charge in [-0.05, 0) is 17.7 Å². The quantitative estimate of drug-likeness (QED) is 0.776. The second-order valence-corrected chi connectivity index (χ2v) is 8.33. The van der Waals surface area contributed by atoms with Gasteiger partial charge in [0, 0.05) is 44.1 Å². The van der Waals surface area contributed by atoms with E-state index < -0.39 is 9.84 Å². The Bertz CT molecular complexity index is 856. The fourth-order valence-electron chi connectivity index (χ4n) is 2.57. The standard InChI is InChI=1S/C15H15Cl2N3O2S/c1-23(21,22)15-18-7-11-9-20(5-4-14(11)19-15)8-10-2-3-12(16)13(17)6-10/h2-3,6-7H,4-5,8-9H2,1H3. The minimum atomic E-state index is -3.37. The van der Waals surface area contributed by atoms with Crippen LogP contribution in [0.5, 0.6) is 0 Å². The first-order chi connectivity index (χ1) is 10.8. The summed E-state index contributed by atoms with van der Waals surface area (Å²) >= 11 is 12.0. The molecule has 23 heavy (non-hydrogen) atoms. The second-order valence-electron chi connectivity index (χ2n) is 5.61. The predicted octanol–water partition coefficient (Wildman–Crippen LogP) is 2.75. The highest BCUT2D eigenvalue weighted by atomic mass is 35.5. The van der Waals surface area contributed by atoms with Crippen molar-refractivity contribution in [2.24, 2.45) is 0 Å². The molecule has 0 saturated carbocycles. The molecule has 1 aliphatic heterocycles. The zero-order valence-corrected chi connectivity index (χ0v) is 14.8. The monoisotopic (exact) mass is 371 g/mol. The molecule has 0 unspecified atom stereocenters. The summed E-state index contributed by atoms with van der Waals surface area (Å²) in [6.07, 6.45) is 3.43. The van der Waals surface area contributed by atoms with Crippen LogP contribution in [0.15, 0.2) is 29.6 Å². The summed E-state index contributed by atoms with van der Waals surface area (Å²) in [4.78, 5) is 10.4. The average Bonchev–Trinajstić information content (AvgIpc) is 2.49. The van der Waals surface area contributed by atoms with E-state index in [1.807, 2.05) is 12.1 Å². The smallest absolute Gasteiger partial charge is 0.246 e. The summed E-state index contributed by atoms with van der Waals surface area (Å²) in [5.74, 6) is 0. The van der Waals surface area contributed by atoms with Gasteiger partial charge in [0.1, 0.15) is 0 Å². The zero-order valence-electron chi connectivity index (χ0n) is 12.5. The Labute approximate surface area is 145 Å². The van der Waals surface area contributed by atoms with Gasteiger partial charge in [-0.25, -0.2) is 18.4 Å². The molecule has 0 radical (unpaired) electrons. The largest absolute Gasteiger partial charge is 0.294 e. The molecule has 3 rings (SSSR count). The topological polar surface area (TPSA) is 63.2 Å². The molecular weight excluding hydrogens is 357 g/mol. The molecule has 0 atom stereocenters. The Balaban J connectivity index is 1.76. The maximum Gasteiger partial charge on any atom is 0.246 e. The Kier molecular flexibility index (Phi) is 4.60. The zero-order chi connectivity index (χ0) is 16.6. The van der Waals surface area contributed by atoms with Crippen molar-refractivity contribution in [3.8, 4) is 0 Å². The summed E-state index contributed by atoms with van der Waals surface area (Å²) in [6, 6.07) is 5.61. The van der Waals surface area contributed by atoms with Gasteiger partial charge in [0.2, 0.25) is 15.0 Å². The van der Waals surface area contributed by atoms with Crippen LogP contribution in [0.4, 0.5) is 0 Å². The number of nitrogens with zero attached hydrogens (tertiary/aromatic N) is 3. The van der Waals surface area contributed by atoms with Crippen LogP contribution in [0.2, 0.25) is 10.0 Å². The lowest BCUT2D eigenvalue weighted by molar-refractivity contribution is 0.242. The van der Waals surface area contributed by atoms with Gasteiger partial charge >= 0.3 is 0 Å². The first-order valence-corrected chi connectivity index (χ1v) is 9.69. The summed E-state index contributed by atoms with van der Waals surface area (Å²) in [5, 5.41) is 0.984. The van der Waals surface area contributed by atoms with E-state index in [1.54, 1.807) is 12.3 Å². The molecule has 2 heterocycles. The van der Waals surface area contributed by atoms with Crippen LogP contribution in [0.3, 0.4) is 0 Å². The fraction of sp³-hybridized carbons (Fsp3) is 0.333. The fourth-order valence-corrected chi connectivity index (χ4v) is 3.41. The maximum absolute atomic E-state index is 11.5. The van der Waals surface area contributed by atoms with Crippen molar-refractivity contribution in [2.45, 2.75) is 24.7 Å². The van der Waals surface area contributed by atoms with Gasteiger partial charge in [0.15, 0.2) is 0 Å². The van der Waals surface area contributed by atoms with Crippen molar-refractivity contribution >= 4 is 33.0 Å². The van der Waals surface area contributed by atoms with E-state index >= 15 is 0 Å². The van der Waals surface area contributed by atoms with Gasteiger partial charge in [-0.1, -0.05) is 29.3 Å². The normalized spacial score (nSPS) is 15.4. The van der Waals surface area contributed by atoms with Crippen LogP contribution in [-0.4, -0.2) is 36.1 Å². The van der Waals surface area contributed by atoms with Crippen molar-refractivity contribution in [3.63, 3.8) is 0 Å². The molecule has 122 valence electrons. The van der Waals surface area contributed by atoms with Crippen LogP contribution < -0.4 is 0 Å². The summed E-state index contributed by atoms with van der Waals surface area (Å²) in [5.41, 5.74) is 2.85. The van der Waals surface area contributed by atoms with Gasteiger partial charge in [-0.3, -0.25) is 4.90 Å². The first-order valence-electron chi connectivity index (χ1n) is 7.04. The Hall–Kier alpha value is -1.21. The van der Waals surface area contributed by atoms with Gasteiger partial charge < -0.3 is 0 Å². The lowest BCUT2D eigenvalue weighted by Crippen LogP contribution is -2.31. The molecule has 0 amide bonds. The maximum atomic E-state index is 11.5. The van der Waals surface area contributed by atoms with Crippen molar-refractivity contribution in [1.29, 1.82) is 0 Å². The molecule has 0 spiro atoms. The molecule has 5 nitrogen and oxygen atoms in total. The molecule has 8 heteroatoms. The summed E-state index contributed by atoms with van der Waals surface area (Å²) in [6.45, 7) is 2.22. The Morgan fingerprint density at radius 2 is 2.04 bits per heavy atom. The minimum absolute atomic E-state index is 0.103. The number of benzene rings is 1. The van der Waals surface area contributed by atoms with Crippen molar-refractivity contribution in [1.82, 2.24) is 14.9 Å². The molecule has 1 aromatic carbocycles. The number of hydrogen-bond donors (Lipinski definition) is 0. The Morgan fingerprint density at radius 1 is 1.26 bits per heavy atom. The Morgan fingerprint density at radius 3 is 2.74 bits per heavy atom. The molecule has 0 bridgehead atoms. The van der Waals surface area contributed by atoms with Gasteiger partial charge in [-0.2, -0.15) is 0 Å². The number of fused-ring (bicyclic) bond motifs is 1. The molecule has 0 fully saturated rings. The van der Waals surface area contributed by atoms with Gasteiger partial charge in [-0.15, -0.1) is 0 Å². The number of hydrogen-bond acceptors (Lipinski definition) is 5. The van der Waals surface area contributed by atoms with Crippen LogP contribution in [0.25, 0.3) is 0 Å².